The number of carbonyl (C=O) groups excluding carboxylic acids is 1. The van der Waals surface area contributed by atoms with Gasteiger partial charge in [0.2, 0.25) is 5.91 Å². The van der Waals surface area contributed by atoms with Crippen LogP contribution in [-0.4, -0.2) is 22.0 Å². The van der Waals surface area contributed by atoms with E-state index in [9.17, 15) is 9.59 Å². The van der Waals surface area contributed by atoms with Crippen LogP contribution in [0.5, 0.6) is 0 Å². The van der Waals surface area contributed by atoms with Gasteiger partial charge < -0.3 is 10.4 Å². The van der Waals surface area contributed by atoms with Crippen molar-refractivity contribution in [3.8, 4) is 0 Å². The van der Waals surface area contributed by atoms with Gasteiger partial charge in [0, 0.05) is 19.2 Å². The predicted octanol–water partition coefficient (Wildman–Crippen LogP) is 1.83. The van der Waals surface area contributed by atoms with Crippen LogP contribution in [0.4, 0.5) is 0 Å². The van der Waals surface area contributed by atoms with E-state index in [4.69, 9.17) is 5.11 Å². The van der Waals surface area contributed by atoms with Crippen LogP contribution in [0, 0.1) is 5.92 Å². The van der Waals surface area contributed by atoms with Crippen LogP contribution in [0.3, 0.4) is 0 Å². The van der Waals surface area contributed by atoms with Gasteiger partial charge in [-0.1, -0.05) is 19.9 Å². The number of aromatic carboxylic acids is 1. The van der Waals surface area contributed by atoms with Crippen LogP contribution >= 0.6 is 0 Å². The largest absolute Gasteiger partial charge is 0.477 e. The van der Waals surface area contributed by atoms with E-state index >= 15 is 0 Å². The first kappa shape index (κ1) is 14.2. The highest BCUT2D eigenvalue weighted by molar-refractivity contribution is 5.85. The number of amides is 1. The monoisotopic (exact) mass is 250 g/mol. The second kappa shape index (κ2) is 6.74. The van der Waals surface area contributed by atoms with Crippen LogP contribution in [0.1, 0.15) is 42.7 Å². The van der Waals surface area contributed by atoms with E-state index < -0.39 is 5.97 Å². The molecule has 0 saturated carbocycles. The molecule has 0 spiro atoms. The van der Waals surface area contributed by atoms with Gasteiger partial charge in [-0.05, 0) is 24.0 Å². The Morgan fingerprint density at radius 3 is 2.61 bits per heavy atom. The Hall–Kier alpha value is -1.91. The molecule has 0 saturated heterocycles. The van der Waals surface area contributed by atoms with Gasteiger partial charge in [-0.25, -0.2) is 9.78 Å². The lowest BCUT2D eigenvalue weighted by Crippen LogP contribution is -2.23. The van der Waals surface area contributed by atoms with Crippen molar-refractivity contribution in [3.05, 3.63) is 29.6 Å². The van der Waals surface area contributed by atoms with E-state index in [1.807, 2.05) is 0 Å². The number of carboxylic acids is 1. The Morgan fingerprint density at radius 2 is 2.11 bits per heavy atom. The van der Waals surface area contributed by atoms with E-state index in [1.54, 1.807) is 6.07 Å². The van der Waals surface area contributed by atoms with Crippen molar-refractivity contribution >= 4 is 11.9 Å². The average Bonchev–Trinajstić information content (AvgIpc) is 2.34. The molecule has 0 atom stereocenters. The summed E-state index contributed by atoms with van der Waals surface area (Å²) in [5.41, 5.74) is 0.794. The zero-order valence-electron chi connectivity index (χ0n) is 10.6. The highest BCUT2D eigenvalue weighted by Gasteiger charge is 2.05. The lowest BCUT2D eigenvalue weighted by atomic mass is 10.1. The van der Waals surface area contributed by atoms with Crippen molar-refractivity contribution in [2.24, 2.45) is 5.92 Å². The molecule has 0 fully saturated rings. The van der Waals surface area contributed by atoms with Crippen molar-refractivity contribution in [1.82, 2.24) is 10.3 Å². The highest BCUT2D eigenvalue weighted by atomic mass is 16.4. The Kier molecular flexibility index (Phi) is 5.30. The minimum atomic E-state index is -1.05. The maximum Gasteiger partial charge on any atom is 0.354 e. The summed E-state index contributed by atoms with van der Waals surface area (Å²) in [6.07, 6.45) is 2.84. The van der Waals surface area contributed by atoms with Gasteiger partial charge in [-0.15, -0.1) is 0 Å². The SMILES string of the molecule is CC(C)CCC(=O)NCc1ccc(C(=O)O)nc1. The number of carboxylic acid groups (broad SMARTS) is 1. The van der Waals surface area contributed by atoms with Crippen molar-refractivity contribution in [3.63, 3.8) is 0 Å². The van der Waals surface area contributed by atoms with Gasteiger partial charge in [0.05, 0.1) is 0 Å². The molecule has 0 aliphatic heterocycles. The second-order valence-electron chi connectivity index (χ2n) is 4.57. The highest BCUT2D eigenvalue weighted by Crippen LogP contribution is 2.04. The van der Waals surface area contributed by atoms with Crippen LogP contribution in [0.25, 0.3) is 0 Å². The van der Waals surface area contributed by atoms with Crippen LogP contribution in [0.2, 0.25) is 0 Å². The van der Waals surface area contributed by atoms with Gasteiger partial charge in [0.1, 0.15) is 5.69 Å². The summed E-state index contributed by atoms with van der Waals surface area (Å²) in [6, 6.07) is 3.08. The fourth-order valence-electron chi connectivity index (χ4n) is 1.36. The van der Waals surface area contributed by atoms with Gasteiger partial charge in [-0.3, -0.25) is 4.79 Å². The Bertz CT molecular complexity index is 413. The van der Waals surface area contributed by atoms with Crippen molar-refractivity contribution in [2.75, 3.05) is 0 Å². The molecule has 98 valence electrons. The second-order valence-corrected chi connectivity index (χ2v) is 4.57. The molecule has 1 rings (SSSR count). The molecule has 0 aromatic carbocycles. The van der Waals surface area contributed by atoms with Crippen molar-refractivity contribution < 1.29 is 14.7 Å². The van der Waals surface area contributed by atoms with Gasteiger partial charge in [0.25, 0.3) is 0 Å². The third kappa shape index (κ3) is 4.95. The number of hydrogen-bond acceptors (Lipinski definition) is 3. The third-order valence-corrected chi connectivity index (χ3v) is 2.48. The number of nitrogens with zero attached hydrogens (tertiary/aromatic N) is 1. The minimum absolute atomic E-state index is 0.00452. The topological polar surface area (TPSA) is 79.3 Å². The molecular weight excluding hydrogens is 232 g/mol. The van der Waals surface area contributed by atoms with Crippen LogP contribution in [-0.2, 0) is 11.3 Å². The Morgan fingerprint density at radius 1 is 1.39 bits per heavy atom. The van der Waals surface area contributed by atoms with E-state index in [-0.39, 0.29) is 11.6 Å². The number of aromatic nitrogens is 1. The number of rotatable bonds is 6. The average molecular weight is 250 g/mol. The molecule has 1 amide bonds. The van der Waals surface area contributed by atoms with Crippen molar-refractivity contribution in [2.45, 2.75) is 33.2 Å². The van der Waals surface area contributed by atoms with E-state index in [0.29, 0.717) is 18.9 Å². The van der Waals surface area contributed by atoms with Crippen LogP contribution < -0.4 is 5.32 Å². The summed E-state index contributed by atoms with van der Waals surface area (Å²) >= 11 is 0. The molecule has 0 radical (unpaired) electrons. The van der Waals surface area contributed by atoms with E-state index in [1.165, 1.54) is 12.3 Å². The lowest BCUT2D eigenvalue weighted by Gasteiger charge is -2.06. The summed E-state index contributed by atoms with van der Waals surface area (Å²) in [6.45, 7) is 4.52. The maximum absolute atomic E-state index is 11.5. The molecule has 1 aromatic rings. The number of hydrogen-bond donors (Lipinski definition) is 2. The quantitative estimate of drug-likeness (QED) is 0.807. The Labute approximate surface area is 106 Å². The lowest BCUT2D eigenvalue weighted by molar-refractivity contribution is -0.121. The molecule has 1 aromatic heterocycles. The van der Waals surface area contributed by atoms with Crippen LogP contribution in [0.15, 0.2) is 18.3 Å². The van der Waals surface area contributed by atoms with Gasteiger partial charge in [0.15, 0.2) is 0 Å². The third-order valence-electron chi connectivity index (χ3n) is 2.48. The summed E-state index contributed by atoms with van der Waals surface area (Å²) in [4.78, 5) is 25.8. The first-order valence-corrected chi connectivity index (χ1v) is 5.94. The molecule has 2 N–H and O–H groups in total. The normalized spacial score (nSPS) is 10.4. The minimum Gasteiger partial charge on any atom is -0.477 e. The maximum atomic E-state index is 11.5. The first-order valence-electron chi connectivity index (χ1n) is 5.94. The molecule has 18 heavy (non-hydrogen) atoms. The number of pyridine rings is 1. The molecule has 5 nitrogen and oxygen atoms in total. The van der Waals surface area contributed by atoms with Crippen molar-refractivity contribution in [1.29, 1.82) is 0 Å². The summed E-state index contributed by atoms with van der Waals surface area (Å²) in [5, 5.41) is 11.5. The summed E-state index contributed by atoms with van der Waals surface area (Å²) < 4.78 is 0. The summed E-state index contributed by atoms with van der Waals surface area (Å²) in [7, 11) is 0. The number of nitrogens with one attached hydrogen (secondary N) is 1. The molecule has 0 aliphatic rings. The standard InChI is InChI=1S/C13H18N2O3/c1-9(2)3-6-12(16)15-8-10-4-5-11(13(17)18)14-7-10/h4-5,7,9H,3,6,8H2,1-2H3,(H,15,16)(H,17,18). The Balaban J connectivity index is 2.39. The smallest absolute Gasteiger partial charge is 0.354 e. The zero-order valence-corrected chi connectivity index (χ0v) is 10.6. The molecule has 1 heterocycles. The summed E-state index contributed by atoms with van der Waals surface area (Å²) in [5.74, 6) is -0.541. The van der Waals surface area contributed by atoms with E-state index in [0.717, 1.165) is 12.0 Å². The fraction of sp³-hybridized carbons (Fsp3) is 0.462. The first-order chi connectivity index (χ1) is 8.49. The molecular formula is C13H18N2O3. The molecule has 5 heteroatoms. The fourth-order valence-corrected chi connectivity index (χ4v) is 1.36. The van der Waals surface area contributed by atoms with Gasteiger partial charge in [-0.2, -0.15) is 0 Å². The van der Waals surface area contributed by atoms with E-state index in [2.05, 4.69) is 24.1 Å². The number of carbonyl (C=O) groups is 2. The zero-order chi connectivity index (χ0) is 13.5. The molecule has 0 unspecified atom stereocenters. The predicted molar refractivity (Wildman–Crippen MR) is 67.1 cm³/mol. The molecule has 0 bridgehead atoms. The molecule has 0 aliphatic carbocycles. The van der Waals surface area contributed by atoms with Gasteiger partial charge >= 0.3 is 5.97 Å².